The van der Waals surface area contributed by atoms with Crippen LogP contribution in [-0.4, -0.2) is 19.5 Å². The maximum atomic E-state index is 6.99. The Bertz CT molecular complexity index is 3430. The summed E-state index contributed by atoms with van der Waals surface area (Å²) in [7, 11) is 0. The molecule has 0 radical (unpaired) electrons. The van der Waals surface area contributed by atoms with Gasteiger partial charge in [-0.3, -0.25) is 0 Å². The minimum absolute atomic E-state index is 0.557. The number of hydrogen-bond acceptors (Lipinski definition) is 5. The molecular formula is C49H28N4O2. The lowest BCUT2D eigenvalue weighted by atomic mass is 9.99. The summed E-state index contributed by atoms with van der Waals surface area (Å²) < 4.78 is 15.6. The van der Waals surface area contributed by atoms with Gasteiger partial charge in [0.1, 0.15) is 22.3 Å². The van der Waals surface area contributed by atoms with E-state index in [0.717, 1.165) is 88.1 Å². The minimum Gasteiger partial charge on any atom is -0.456 e. The van der Waals surface area contributed by atoms with Gasteiger partial charge in [0.2, 0.25) is 0 Å². The molecule has 0 atom stereocenters. The van der Waals surface area contributed by atoms with E-state index in [2.05, 4.69) is 102 Å². The summed E-state index contributed by atoms with van der Waals surface area (Å²) in [6.45, 7) is 0. The van der Waals surface area contributed by atoms with Crippen molar-refractivity contribution in [2.75, 3.05) is 0 Å². The van der Waals surface area contributed by atoms with Crippen LogP contribution in [0.4, 0.5) is 0 Å². The first kappa shape index (κ1) is 29.9. The van der Waals surface area contributed by atoms with Crippen LogP contribution in [0.2, 0.25) is 0 Å². The summed E-state index contributed by atoms with van der Waals surface area (Å²) in [6.07, 6.45) is 0. The average Bonchev–Trinajstić information content (AvgIpc) is 3.93. The van der Waals surface area contributed by atoms with E-state index in [1.165, 1.54) is 10.8 Å². The lowest BCUT2D eigenvalue weighted by Gasteiger charge is -2.10. The Labute approximate surface area is 313 Å². The van der Waals surface area contributed by atoms with Crippen LogP contribution in [0.5, 0.6) is 0 Å². The smallest absolute Gasteiger partial charge is 0.167 e. The monoisotopic (exact) mass is 704 g/mol. The zero-order valence-corrected chi connectivity index (χ0v) is 29.3. The molecule has 0 amide bonds. The highest BCUT2D eigenvalue weighted by molar-refractivity contribution is 6.27. The van der Waals surface area contributed by atoms with Crippen LogP contribution in [0.1, 0.15) is 0 Å². The van der Waals surface area contributed by atoms with Crippen LogP contribution in [0, 0.1) is 0 Å². The van der Waals surface area contributed by atoms with E-state index in [0.29, 0.717) is 17.5 Å². The van der Waals surface area contributed by atoms with Crippen LogP contribution < -0.4 is 0 Å². The van der Waals surface area contributed by atoms with Crippen LogP contribution in [-0.2, 0) is 0 Å². The fraction of sp³-hybridized carbons (Fsp3) is 0. The number of aromatic nitrogens is 4. The first-order valence-corrected chi connectivity index (χ1v) is 18.4. The van der Waals surface area contributed by atoms with E-state index in [1.54, 1.807) is 0 Å². The molecular weight excluding hydrogens is 677 g/mol. The van der Waals surface area contributed by atoms with Crippen LogP contribution in [0.15, 0.2) is 179 Å². The predicted octanol–water partition coefficient (Wildman–Crippen LogP) is 12.9. The molecule has 6 nitrogen and oxygen atoms in total. The molecule has 0 fully saturated rings. The van der Waals surface area contributed by atoms with Gasteiger partial charge in [-0.25, -0.2) is 15.0 Å². The molecule has 0 aliphatic rings. The molecule has 6 heteroatoms. The van der Waals surface area contributed by atoms with Crippen LogP contribution in [0.3, 0.4) is 0 Å². The van der Waals surface area contributed by atoms with Crippen molar-refractivity contribution in [3.63, 3.8) is 0 Å². The van der Waals surface area contributed by atoms with Gasteiger partial charge in [-0.15, -0.1) is 0 Å². The summed E-state index contributed by atoms with van der Waals surface area (Å²) in [4.78, 5) is 15.1. The number of nitrogens with zero attached hydrogens (tertiary/aromatic N) is 4. The topological polar surface area (TPSA) is 69.9 Å². The minimum atomic E-state index is 0.557. The van der Waals surface area contributed by atoms with Gasteiger partial charge in [0.15, 0.2) is 17.5 Å². The molecule has 0 spiro atoms. The Hall–Kier alpha value is -7.57. The molecule has 12 rings (SSSR count). The second kappa shape index (κ2) is 11.5. The molecule has 0 saturated carbocycles. The first-order chi connectivity index (χ1) is 27.3. The summed E-state index contributed by atoms with van der Waals surface area (Å²) in [5.74, 6) is 1.77. The first-order valence-electron chi connectivity index (χ1n) is 18.4. The predicted molar refractivity (Wildman–Crippen MR) is 223 cm³/mol. The maximum Gasteiger partial charge on any atom is 0.167 e. The van der Waals surface area contributed by atoms with Crippen molar-refractivity contribution in [2.45, 2.75) is 0 Å². The lowest BCUT2D eigenvalue weighted by molar-refractivity contribution is 0.668. The Morgan fingerprint density at radius 1 is 0.382 bits per heavy atom. The molecule has 4 aromatic heterocycles. The summed E-state index contributed by atoms with van der Waals surface area (Å²) in [5, 5.41) is 8.85. The number of furan rings is 2. The molecule has 4 heterocycles. The Kier molecular flexibility index (Phi) is 6.24. The van der Waals surface area contributed by atoms with Crippen molar-refractivity contribution >= 4 is 76.5 Å². The Balaban J connectivity index is 1.13. The van der Waals surface area contributed by atoms with Gasteiger partial charge in [-0.1, -0.05) is 121 Å². The van der Waals surface area contributed by atoms with Gasteiger partial charge < -0.3 is 13.4 Å². The van der Waals surface area contributed by atoms with E-state index >= 15 is 0 Å². The molecule has 0 aliphatic heterocycles. The van der Waals surface area contributed by atoms with Crippen molar-refractivity contribution in [3.05, 3.63) is 170 Å². The van der Waals surface area contributed by atoms with E-state index in [-0.39, 0.29) is 0 Å². The van der Waals surface area contributed by atoms with Crippen molar-refractivity contribution in [1.29, 1.82) is 0 Å². The van der Waals surface area contributed by atoms with Crippen molar-refractivity contribution < 1.29 is 8.83 Å². The van der Waals surface area contributed by atoms with Crippen LogP contribution in [0.25, 0.3) is 116 Å². The van der Waals surface area contributed by atoms with Crippen molar-refractivity contribution in [2.24, 2.45) is 0 Å². The molecule has 8 aromatic carbocycles. The van der Waals surface area contributed by atoms with Crippen molar-refractivity contribution in [3.8, 4) is 39.9 Å². The molecule has 0 unspecified atom stereocenters. The zero-order chi connectivity index (χ0) is 36.0. The fourth-order valence-corrected chi connectivity index (χ4v) is 8.40. The maximum absolute atomic E-state index is 6.99. The molecule has 0 aliphatic carbocycles. The summed E-state index contributed by atoms with van der Waals surface area (Å²) in [5.41, 5.74) is 9.17. The van der Waals surface area contributed by atoms with Gasteiger partial charge in [0.25, 0.3) is 0 Å². The number of benzene rings is 8. The third-order valence-corrected chi connectivity index (χ3v) is 10.8. The summed E-state index contributed by atoms with van der Waals surface area (Å²) in [6, 6.07) is 58.4. The normalized spacial score (nSPS) is 12.0. The highest BCUT2D eigenvalue weighted by Gasteiger charge is 2.22. The lowest BCUT2D eigenvalue weighted by Crippen LogP contribution is -2.00. The standard InChI is InChI=1S/C49H28N4O2/c1-3-13-29(14-4-1)47-50-48(30-15-5-2-6-16-30)52-49(51-47)37-27-31-17-7-8-18-33(31)43-36-24-23-32(28-42(36)55-46(37)43)53-38-21-11-9-19-34(38)44-39(53)25-26-41-45(44)35-20-10-12-22-40(35)54-41/h1-28H. The van der Waals surface area contributed by atoms with Crippen LogP contribution >= 0.6 is 0 Å². The van der Waals surface area contributed by atoms with E-state index in [4.69, 9.17) is 23.8 Å². The second-order valence-corrected chi connectivity index (χ2v) is 14.0. The van der Waals surface area contributed by atoms with E-state index in [1.807, 2.05) is 72.8 Å². The Morgan fingerprint density at radius 2 is 1.02 bits per heavy atom. The third-order valence-electron chi connectivity index (χ3n) is 10.8. The number of rotatable bonds is 4. The largest absolute Gasteiger partial charge is 0.456 e. The molecule has 0 bridgehead atoms. The van der Waals surface area contributed by atoms with Crippen molar-refractivity contribution in [1.82, 2.24) is 19.5 Å². The molecule has 0 saturated heterocycles. The zero-order valence-electron chi connectivity index (χ0n) is 29.3. The van der Waals surface area contributed by atoms with Gasteiger partial charge in [-0.2, -0.15) is 0 Å². The summed E-state index contributed by atoms with van der Waals surface area (Å²) >= 11 is 0. The van der Waals surface area contributed by atoms with Gasteiger partial charge in [-0.05, 0) is 53.2 Å². The number of hydrogen-bond donors (Lipinski definition) is 0. The quantitative estimate of drug-likeness (QED) is 0.182. The molecule has 256 valence electrons. The number of para-hydroxylation sites is 2. The number of fused-ring (bicyclic) bond motifs is 12. The van der Waals surface area contributed by atoms with Gasteiger partial charge >= 0.3 is 0 Å². The second-order valence-electron chi connectivity index (χ2n) is 14.0. The average molecular weight is 705 g/mol. The van der Waals surface area contributed by atoms with Gasteiger partial charge in [0, 0.05) is 55.2 Å². The highest BCUT2D eigenvalue weighted by Crippen LogP contribution is 2.44. The third kappa shape index (κ3) is 4.46. The SMILES string of the molecule is c1ccc(-c2nc(-c3ccccc3)nc(-c3cc4ccccc4c4c3oc3cc(-n5c6ccccc6c6c7c(ccc65)oc5ccccc57)ccc34)n2)cc1. The Morgan fingerprint density at radius 3 is 1.80 bits per heavy atom. The van der Waals surface area contributed by atoms with E-state index < -0.39 is 0 Å². The highest BCUT2D eigenvalue weighted by atomic mass is 16.3. The molecule has 55 heavy (non-hydrogen) atoms. The van der Waals surface area contributed by atoms with E-state index in [9.17, 15) is 0 Å². The fourth-order valence-electron chi connectivity index (χ4n) is 8.40. The molecule has 0 N–H and O–H groups in total. The molecule has 12 aromatic rings. The van der Waals surface area contributed by atoms with Gasteiger partial charge in [0.05, 0.1) is 16.6 Å².